The van der Waals surface area contributed by atoms with Crippen molar-refractivity contribution in [3.63, 3.8) is 0 Å². The zero-order valence-corrected chi connectivity index (χ0v) is 77.1. The second-order valence-electron chi connectivity index (χ2n) is 36.3. The summed E-state index contributed by atoms with van der Waals surface area (Å²) in [5.41, 5.74) is 39.7. The van der Waals surface area contributed by atoms with E-state index in [2.05, 4.69) is 572 Å². The van der Waals surface area contributed by atoms with Gasteiger partial charge in [-0.3, -0.25) is 0 Å². The van der Waals surface area contributed by atoms with Gasteiger partial charge in [0.15, 0.2) is 0 Å². The van der Waals surface area contributed by atoms with Crippen LogP contribution in [0.2, 0.25) is 0 Å². The molecule has 137 heavy (non-hydrogen) atoms. The van der Waals surface area contributed by atoms with Gasteiger partial charge in [0.2, 0.25) is 0 Å². The lowest BCUT2D eigenvalue weighted by molar-refractivity contribution is 0.660. The average molecular weight is 1770 g/mol. The van der Waals surface area contributed by atoms with E-state index in [1.54, 1.807) is 0 Å². The summed E-state index contributed by atoms with van der Waals surface area (Å²) in [6.45, 7) is 17.9. The van der Waals surface area contributed by atoms with Crippen LogP contribution in [-0.2, 0) is 10.8 Å². The number of nitrogens with zero attached hydrogens (tertiary/aromatic N) is 4. The molecule has 0 aliphatic heterocycles. The molecule has 0 atom stereocenters. The minimum atomic E-state index is -0.0493. The van der Waals surface area contributed by atoms with Crippen molar-refractivity contribution >= 4 is 101 Å². The molecule has 0 aromatic heterocycles. The minimum absolute atomic E-state index is 0. The van der Waals surface area contributed by atoms with Gasteiger partial charge in [-0.2, -0.15) is 0 Å². The van der Waals surface area contributed by atoms with E-state index in [1.165, 1.54) is 178 Å². The summed E-state index contributed by atoms with van der Waals surface area (Å²) in [6, 6.07) is 179. The molecule has 4 nitrogen and oxygen atoms in total. The van der Waals surface area contributed by atoms with Gasteiger partial charge in [-0.25, -0.2) is 0 Å². The Morgan fingerprint density at radius 2 is 0.416 bits per heavy atom. The fraction of sp³-hybridized carbons (Fsp3) is 0.0977. The van der Waals surface area contributed by atoms with Crippen LogP contribution in [0.4, 0.5) is 68.2 Å². The predicted octanol–water partition coefficient (Wildman–Crippen LogP) is 38.5. The molecule has 0 heterocycles. The predicted molar refractivity (Wildman–Crippen MR) is 593 cm³/mol. The zero-order chi connectivity index (χ0) is 91.2. The molecule has 0 radical (unpaired) electrons. The molecule has 0 amide bonds. The van der Waals surface area contributed by atoms with E-state index in [9.17, 15) is 0 Å². The summed E-state index contributed by atoms with van der Waals surface area (Å²) >= 11 is 0. The van der Waals surface area contributed by atoms with E-state index in [0.29, 0.717) is 0 Å². The SMILES string of the molecule is C.C.C.Cc1ccc(N(c2ccc(-c3ccccc3)cc2)c2ccc(-c3ccccc3)cc2)cc1.Cc1ccc(N(c2ccc(-c3ccccc3)cc2)c2ccccc2-c2ccccc2)cc1.Cc1ccc(N(c2ccc3c(c2)C(C)(C)c2ccccc2-3)c2cc3ccccc3c3ccccc23)cc1.Cc1ccc(N(c2ccc3c(c2)C(C)(C)c2ccccc2-3)c2ccc3ccccc3c2)cc1. The van der Waals surface area contributed by atoms with Crippen molar-refractivity contribution in [2.24, 2.45) is 0 Å². The third-order valence-electron chi connectivity index (χ3n) is 26.7. The van der Waals surface area contributed by atoms with Crippen molar-refractivity contribution in [1.29, 1.82) is 0 Å². The maximum atomic E-state index is 2.44. The maximum absolute atomic E-state index is 2.44. The molecule has 0 unspecified atom stereocenters. The van der Waals surface area contributed by atoms with Gasteiger partial charge in [-0.1, -0.05) is 436 Å². The summed E-state index contributed by atoms with van der Waals surface area (Å²) in [5, 5.41) is 7.58. The number of rotatable bonds is 16. The zero-order valence-electron chi connectivity index (χ0n) is 77.1. The third-order valence-corrected chi connectivity index (χ3v) is 26.7. The van der Waals surface area contributed by atoms with Crippen LogP contribution in [0.3, 0.4) is 0 Å². The number of aryl methyl sites for hydroxylation is 4. The number of hydrogen-bond acceptors (Lipinski definition) is 4. The molecule has 0 spiro atoms. The van der Waals surface area contributed by atoms with E-state index in [0.717, 1.165) is 34.1 Å². The average Bonchev–Trinajstić information content (AvgIpc) is 1.54. The van der Waals surface area contributed by atoms with Crippen molar-refractivity contribution < 1.29 is 0 Å². The number of anilines is 12. The van der Waals surface area contributed by atoms with Crippen LogP contribution in [0.1, 0.15) is 94.5 Å². The van der Waals surface area contributed by atoms with Gasteiger partial charge >= 0.3 is 0 Å². The molecule has 2 aliphatic carbocycles. The third kappa shape index (κ3) is 19.1. The molecular weight excluding hydrogens is 1650 g/mol. The largest absolute Gasteiger partial charge is 0.311 e. The van der Waals surface area contributed by atoms with Crippen LogP contribution in [-0.4, -0.2) is 0 Å². The van der Waals surface area contributed by atoms with E-state index < -0.39 is 0 Å². The highest BCUT2D eigenvalue weighted by Crippen LogP contribution is 2.54. The van der Waals surface area contributed by atoms with Gasteiger partial charge in [0.05, 0.1) is 11.4 Å². The topological polar surface area (TPSA) is 13.0 Å². The second kappa shape index (κ2) is 40.6. The fourth-order valence-corrected chi connectivity index (χ4v) is 19.6. The normalized spacial score (nSPS) is 11.9. The van der Waals surface area contributed by atoms with E-state index >= 15 is 0 Å². The van der Waals surface area contributed by atoms with Gasteiger partial charge in [0.25, 0.3) is 0 Å². The molecule has 2 aliphatic rings. The van der Waals surface area contributed by atoms with E-state index in [4.69, 9.17) is 0 Å². The molecule has 23 rings (SSSR count). The molecule has 0 saturated carbocycles. The number of hydrogen-bond donors (Lipinski definition) is 0. The minimum Gasteiger partial charge on any atom is -0.311 e. The van der Waals surface area contributed by atoms with Crippen molar-refractivity contribution in [1.82, 2.24) is 0 Å². The Hall–Kier alpha value is -16.4. The monoisotopic (exact) mass is 1770 g/mol. The standard InChI is InChI=1S/C36H29N.C32H27N.2C31H25N.3CH4/c1-24-16-18-26(19-17-24)37(35-22-25-10-4-5-11-28(25)29-12-6-7-14-32(29)35)27-20-21-31-30-13-8-9-15-33(30)36(2,3)34(31)23-27;1-22-12-15-25(16-13-22)33(26-17-14-23-8-4-5-9-24(23)20-26)27-18-19-29-28-10-6-7-11-30(28)32(2,3)31(29)21-27;1-24-16-20-28(21-17-24)32(29-22-18-26(19-23-29)25-10-4-2-5-11-25)31-15-9-8-14-30(31)27-12-6-3-7-13-27;1-24-12-18-29(19-13-24)32(30-20-14-27(15-21-30)25-8-4-2-5-9-25)31-22-16-28(17-23-31)26-10-6-3-7-11-26;;;/h4-23H,1-3H3;4-21H,1-3H3;2*2-23H,1H3;3*1H4. The first kappa shape index (κ1) is 92.5. The van der Waals surface area contributed by atoms with Crippen LogP contribution < -0.4 is 19.6 Å². The molecular formula is C133H118N4. The lowest BCUT2D eigenvalue weighted by atomic mass is 9.82. The first-order chi connectivity index (χ1) is 65.6. The van der Waals surface area contributed by atoms with E-state index in [1.807, 2.05) is 0 Å². The Bertz CT molecular complexity index is 7620. The first-order valence-electron chi connectivity index (χ1n) is 46.6. The van der Waals surface area contributed by atoms with Crippen LogP contribution in [0.5, 0.6) is 0 Å². The maximum Gasteiger partial charge on any atom is 0.0546 e. The summed E-state index contributed by atoms with van der Waals surface area (Å²) in [5.74, 6) is 0. The lowest BCUT2D eigenvalue weighted by Gasteiger charge is -2.29. The summed E-state index contributed by atoms with van der Waals surface area (Å²) < 4.78 is 0. The molecule has 4 heteroatoms. The van der Waals surface area contributed by atoms with Crippen molar-refractivity contribution in [3.05, 3.63) is 542 Å². The molecule has 0 fully saturated rings. The molecule has 670 valence electrons. The lowest BCUT2D eigenvalue weighted by Crippen LogP contribution is -2.16. The Morgan fingerprint density at radius 3 is 0.832 bits per heavy atom. The van der Waals surface area contributed by atoms with Crippen LogP contribution in [0.15, 0.2) is 497 Å². The van der Waals surface area contributed by atoms with Gasteiger partial charge in [-0.15, -0.1) is 0 Å². The van der Waals surface area contributed by atoms with Crippen molar-refractivity contribution in [3.8, 4) is 66.8 Å². The van der Waals surface area contributed by atoms with Gasteiger partial charge in [0, 0.05) is 78.7 Å². The highest BCUT2D eigenvalue weighted by molar-refractivity contribution is 6.15. The van der Waals surface area contributed by atoms with Gasteiger partial charge in [-0.05, 0) is 272 Å². The Morgan fingerprint density at radius 1 is 0.153 bits per heavy atom. The number of para-hydroxylation sites is 1. The first-order valence-corrected chi connectivity index (χ1v) is 46.6. The van der Waals surface area contributed by atoms with Gasteiger partial charge < -0.3 is 19.6 Å². The van der Waals surface area contributed by atoms with Crippen LogP contribution in [0, 0.1) is 27.7 Å². The molecule has 0 bridgehead atoms. The van der Waals surface area contributed by atoms with Crippen molar-refractivity contribution in [2.45, 2.75) is 88.5 Å². The van der Waals surface area contributed by atoms with Crippen LogP contribution in [0.25, 0.3) is 99.1 Å². The Balaban J connectivity index is 0.000000126. The van der Waals surface area contributed by atoms with Crippen LogP contribution >= 0.6 is 0 Å². The summed E-state index contributed by atoms with van der Waals surface area (Å²) in [4.78, 5) is 9.47. The highest BCUT2D eigenvalue weighted by atomic mass is 15.2. The molecule has 21 aromatic rings. The number of benzene rings is 21. The Kier molecular flexibility index (Phi) is 27.4. The fourth-order valence-electron chi connectivity index (χ4n) is 19.6. The smallest absolute Gasteiger partial charge is 0.0546 e. The second-order valence-corrected chi connectivity index (χ2v) is 36.3. The summed E-state index contributed by atoms with van der Waals surface area (Å²) in [6.07, 6.45) is 0. The molecule has 0 saturated heterocycles. The highest BCUT2D eigenvalue weighted by Gasteiger charge is 2.38. The number of fused-ring (bicyclic) bond motifs is 10. The summed E-state index contributed by atoms with van der Waals surface area (Å²) in [7, 11) is 0. The van der Waals surface area contributed by atoms with Crippen molar-refractivity contribution in [2.75, 3.05) is 19.6 Å². The van der Waals surface area contributed by atoms with Gasteiger partial charge in [0.1, 0.15) is 0 Å². The Labute approximate surface area is 811 Å². The molecule has 21 aromatic carbocycles. The molecule has 0 N–H and O–H groups in total. The quantitative estimate of drug-likeness (QED) is 0.0894. The van der Waals surface area contributed by atoms with E-state index in [-0.39, 0.29) is 33.1 Å².